The van der Waals surface area contributed by atoms with E-state index in [1.54, 1.807) is 0 Å². The molecule has 0 unspecified atom stereocenters. The van der Waals surface area contributed by atoms with Gasteiger partial charge in [0.05, 0.1) is 11.8 Å². The van der Waals surface area contributed by atoms with Gasteiger partial charge in [-0.2, -0.15) is 0 Å². The Bertz CT molecular complexity index is 458. The first-order chi connectivity index (χ1) is 8.58. The van der Waals surface area contributed by atoms with E-state index in [2.05, 4.69) is 5.32 Å². The molecule has 2 N–H and O–H groups in total. The molecule has 4 nitrogen and oxygen atoms in total. The zero-order valence-corrected chi connectivity index (χ0v) is 9.73. The Morgan fingerprint density at radius 3 is 2.39 bits per heavy atom. The van der Waals surface area contributed by atoms with Gasteiger partial charge in [0.2, 0.25) is 5.91 Å². The van der Waals surface area contributed by atoms with Gasteiger partial charge in [0.25, 0.3) is 0 Å². The standard InChI is InChI=1S/C13H14FNO3/c14-8-4-6-9(7-5-8)15-12(16)10-2-1-3-11(10)13(17)18/h4-7,10-11H,1-3H2,(H,15,16)(H,17,18)/t10-,11+/m1/s1. The third kappa shape index (κ3) is 2.67. The number of rotatable bonds is 3. The van der Waals surface area contributed by atoms with Crippen molar-refractivity contribution in [1.29, 1.82) is 0 Å². The van der Waals surface area contributed by atoms with Crippen LogP contribution in [-0.2, 0) is 9.59 Å². The SMILES string of the molecule is O=C(O)[C@H]1CCC[C@H]1C(=O)Nc1ccc(F)cc1. The molecule has 1 aliphatic rings. The number of halogens is 1. The minimum absolute atomic E-state index is 0.300. The number of carbonyl (C=O) groups is 2. The van der Waals surface area contributed by atoms with E-state index in [1.807, 2.05) is 0 Å². The molecule has 5 heteroatoms. The predicted octanol–water partition coefficient (Wildman–Crippen LogP) is 2.27. The van der Waals surface area contributed by atoms with E-state index in [-0.39, 0.29) is 11.7 Å². The largest absolute Gasteiger partial charge is 0.481 e. The number of carboxylic acids is 1. The maximum absolute atomic E-state index is 12.7. The van der Waals surface area contributed by atoms with E-state index in [1.165, 1.54) is 24.3 Å². The van der Waals surface area contributed by atoms with Crippen LogP contribution in [0.1, 0.15) is 19.3 Å². The summed E-state index contributed by atoms with van der Waals surface area (Å²) < 4.78 is 12.7. The predicted molar refractivity (Wildman–Crippen MR) is 63.5 cm³/mol. The van der Waals surface area contributed by atoms with E-state index < -0.39 is 17.8 Å². The molecule has 2 rings (SSSR count). The lowest BCUT2D eigenvalue weighted by atomic mass is 9.95. The van der Waals surface area contributed by atoms with Crippen molar-refractivity contribution in [3.8, 4) is 0 Å². The molecule has 1 aromatic carbocycles. The van der Waals surface area contributed by atoms with Crippen LogP contribution in [0.15, 0.2) is 24.3 Å². The number of aliphatic carboxylic acids is 1. The average molecular weight is 251 g/mol. The summed E-state index contributed by atoms with van der Waals surface area (Å²) in [4.78, 5) is 22.9. The number of carboxylic acid groups (broad SMARTS) is 1. The maximum atomic E-state index is 12.7. The maximum Gasteiger partial charge on any atom is 0.307 e. The molecule has 0 heterocycles. The lowest BCUT2D eigenvalue weighted by molar-refractivity contribution is -0.145. The first kappa shape index (κ1) is 12.5. The lowest BCUT2D eigenvalue weighted by Crippen LogP contribution is -2.29. The third-order valence-corrected chi connectivity index (χ3v) is 3.28. The number of anilines is 1. The van der Waals surface area contributed by atoms with Gasteiger partial charge in [-0.3, -0.25) is 9.59 Å². The number of hydrogen-bond acceptors (Lipinski definition) is 2. The highest BCUT2D eigenvalue weighted by Crippen LogP contribution is 2.32. The van der Waals surface area contributed by atoms with Crippen LogP contribution < -0.4 is 5.32 Å². The molecule has 1 saturated carbocycles. The second-order valence-corrected chi connectivity index (χ2v) is 4.48. The Kier molecular flexibility index (Phi) is 3.60. The van der Waals surface area contributed by atoms with Crippen LogP contribution in [0.4, 0.5) is 10.1 Å². The van der Waals surface area contributed by atoms with E-state index in [4.69, 9.17) is 5.11 Å². The zero-order chi connectivity index (χ0) is 13.1. The van der Waals surface area contributed by atoms with Gasteiger partial charge in [0.1, 0.15) is 5.82 Å². The molecular formula is C13H14FNO3. The molecule has 1 amide bonds. The molecule has 1 aromatic rings. The Morgan fingerprint density at radius 2 is 1.78 bits per heavy atom. The van der Waals surface area contributed by atoms with Crippen LogP contribution in [-0.4, -0.2) is 17.0 Å². The number of amides is 1. The fourth-order valence-electron chi connectivity index (χ4n) is 2.34. The topological polar surface area (TPSA) is 66.4 Å². The van der Waals surface area contributed by atoms with Gasteiger partial charge in [-0.25, -0.2) is 4.39 Å². The molecule has 2 atom stereocenters. The Morgan fingerprint density at radius 1 is 1.17 bits per heavy atom. The van der Waals surface area contributed by atoms with Crippen LogP contribution in [0.5, 0.6) is 0 Å². The van der Waals surface area contributed by atoms with Crippen molar-refractivity contribution in [2.75, 3.05) is 5.32 Å². The van der Waals surface area contributed by atoms with Crippen molar-refractivity contribution in [3.05, 3.63) is 30.1 Å². The normalized spacial score (nSPS) is 22.7. The van der Waals surface area contributed by atoms with Crippen molar-refractivity contribution in [3.63, 3.8) is 0 Å². The molecule has 18 heavy (non-hydrogen) atoms. The second-order valence-electron chi connectivity index (χ2n) is 4.48. The van der Waals surface area contributed by atoms with E-state index in [9.17, 15) is 14.0 Å². The molecule has 0 spiro atoms. The van der Waals surface area contributed by atoms with E-state index in [0.29, 0.717) is 18.5 Å². The highest BCUT2D eigenvalue weighted by Gasteiger charge is 2.37. The highest BCUT2D eigenvalue weighted by molar-refractivity contribution is 5.95. The summed E-state index contributed by atoms with van der Waals surface area (Å²) in [6.07, 6.45) is 1.87. The summed E-state index contributed by atoms with van der Waals surface area (Å²) in [5, 5.41) is 11.6. The van der Waals surface area contributed by atoms with E-state index in [0.717, 1.165) is 6.42 Å². The fraction of sp³-hybridized carbons (Fsp3) is 0.385. The summed E-state index contributed by atoms with van der Waals surface area (Å²) in [5.74, 6) is -2.70. The summed E-state index contributed by atoms with van der Waals surface area (Å²) >= 11 is 0. The van der Waals surface area contributed by atoms with Gasteiger partial charge in [-0.15, -0.1) is 0 Å². The van der Waals surface area contributed by atoms with Crippen molar-refractivity contribution in [2.45, 2.75) is 19.3 Å². The van der Waals surface area contributed by atoms with Crippen molar-refractivity contribution < 1.29 is 19.1 Å². The van der Waals surface area contributed by atoms with Gasteiger partial charge >= 0.3 is 5.97 Å². The highest BCUT2D eigenvalue weighted by atomic mass is 19.1. The lowest BCUT2D eigenvalue weighted by Gasteiger charge is -2.15. The number of carbonyl (C=O) groups excluding carboxylic acids is 1. The minimum Gasteiger partial charge on any atom is -0.481 e. The van der Waals surface area contributed by atoms with Crippen molar-refractivity contribution in [2.24, 2.45) is 11.8 Å². The molecule has 0 radical (unpaired) electrons. The van der Waals surface area contributed by atoms with Crippen LogP contribution in [0.2, 0.25) is 0 Å². The first-order valence-electron chi connectivity index (χ1n) is 5.87. The Labute approximate surface area is 104 Å². The second kappa shape index (κ2) is 5.16. The van der Waals surface area contributed by atoms with Crippen molar-refractivity contribution in [1.82, 2.24) is 0 Å². The summed E-state index contributed by atoms with van der Waals surface area (Å²) in [5.41, 5.74) is 0.484. The number of benzene rings is 1. The smallest absolute Gasteiger partial charge is 0.307 e. The van der Waals surface area contributed by atoms with Gasteiger partial charge < -0.3 is 10.4 Å². The third-order valence-electron chi connectivity index (χ3n) is 3.28. The molecule has 0 saturated heterocycles. The molecule has 0 aromatic heterocycles. The average Bonchev–Trinajstić information content (AvgIpc) is 2.81. The summed E-state index contributed by atoms with van der Waals surface area (Å²) in [6, 6.07) is 5.41. The quantitative estimate of drug-likeness (QED) is 0.866. The first-order valence-corrected chi connectivity index (χ1v) is 5.87. The number of hydrogen-bond donors (Lipinski definition) is 2. The molecule has 1 fully saturated rings. The fourth-order valence-corrected chi connectivity index (χ4v) is 2.34. The molecule has 0 bridgehead atoms. The Balaban J connectivity index is 2.03. The van der Waals surface area contributed by atoms with E-state index >= 15 is 0 Å². The number of nitrogens with one attached hydrogen (secondary N) is 1. The van der Waals surface area contributed by atoms with Crippen LogP contribution in [0, 0.1) is 17.7 Å². The van der Waals surface area contributed by atoms with Crippen LogP contribution in [0.25, 0.3) is 0 Å². The van der Waals surface area contributed by atoms with Gasteiger partial charge in [0.15, 0.2) is 0 Å². The van der Waals surface area contributed by atoms with Gasteiger partial charge in [-0.1, -0.05) is 6.42 Å². The molecular weight excluding hydrogens is 237 g/mol. The van der Waals surface area contributed by atoms with Crippen LogP contribution >= 0.6 is 0 Å². The Hall–Kier alpha value is -1.91. The van der Waals surface area contributed by atoms with Gasteiger partial charge in [0, 0.05) is 5.69 Å². The molecule has 96 valence electrons. The minimum atomic E-state index is -0.924. The van der Waals surface area contributed by atoms with Crippen molar-refractivity contribution >= 4 is 17.6 Å². The summed E-state index contributed by atoms with van der Waals surface area (Å²) in [6.45, 7) is 0. The van der Waals surface area contributed by atoms with Crippen LogP contribution in [0.3, 0.4) is 0 Å². The monoisotopic (exact) mass is 251 g/mol. The van der Waals surface area contributed by atoms with Gasteiger partial charge in [-0.05, 0) is 37.1 Å². The molecule has 1 aliphatic carbocycles. The summed E-state index contributed by atoms with van der Waals surface area (Å²) in [7, 11) is 0. The molecule has 0 aliphatic heterocycles. The zero-order valence-electron chi connectivity index (χ0n) is 9.73.